The molecule has 23 heavy (non-hydrogen) atoms. The highest BCUT2D eigenvalue weighted by molar-refractivity contribution is 5.90. The molecule has 3 N–H and O–H groups in total. The summed E-state index contributed by atoms with van der Waals surface area (Å²) in [4.78, 5) is 12.0. The number of rotatable bonds is 8. The molecule has 0 atom stereocenters. The van der Waals surface area contributed by atoms with E-state index < -0.39 is 0 Å². The Morgan fingerprint density at radius 2 is 1.96 bits per heavy atom. The first-order valence-electron chi connectivity index (χ1n) is 8.04. The number of carbonyl (C=O) groups excluding carboxylic acids is 1. The van der Waals surface area contributed by atoms with Crippen LogP contribution in [0.4, 0.5) is 11.4 Å². The van der Waals surface area contributed by atoms with E-state index in [0.29, 0.717) is 12.8 Å². The van der Waals surface area contributed by atoms with Crippen molar-refractivity contribution in [2.45, 2.75) is 32.6 Å². The smallest absolute Gasteiger partial charge is 0.224 e. The average Bonchev–Trinajstić information content (AvgIpc) is 2.55. The zero-order valence-corrected chi connectivity index (χ0v) is 13.5. The molecule has 4 heteroatoms. The second kappa shape index (κ2) is 8.83. The summed E-state index contributed by atoms with van der Waals surface area (Å²) in [7, 11) is 0. The Kier molecular flexibility index (Phi) is 6.48. The van der Waals surface area contributed by atoms with Gasteiger partial charge >= 0.3 is 0 Å². The zero-order valence-electron chi connectivity index (χ0n) is 13.5. The van der Waals surface area contributed by atoms with Crippen LogP contribution in [0.15, 0.2) is 48.5 Å². The number of anilines is 2. The van der Waals surface area contributed by atoms with Gasteiger partial charge in [0.15, 0.2) is 0 Å². The molecule has 0 bridgehead atoms. The molecule has 0 spiro atoms. The molecule has 1 amide bonds. The molecule has 0 radical (unpaired) electrons. The van der Waals surface area contributed by atoms with Crippen molar-refractivity contribution in [3.05, 3.63) is 54.1 Å². The molecule has 2 aromatic rings. The molecule has 0 unspecified atom stereocenters. The van der Waals surface area contributed by atoms with E-state index in [0.717, 1.165) is 42.1 Å². The van der Waals surface area contributed by atoms with E-state index >= 15 is 0 Å². The maximum Gasteiger partial charge on any atom is 0.224 e. The summed E-state index contributed by atoms with van der Waals surface area (Å²) in [6, 6.07) is 15.1. The van der Waals surface area contributed by atoms with E-state index in [1.54, 1.807) is 0 Å². The third-order valence-corrected chi connectivity index (χ3v) is 3.50. The highest BCUT2D eigenvalue weighted by Crippen LogP contribution is 2.16. The van der Waals surface area contributed by atoms with Gasteiger partial charge in [-0.25, -0.2) is 0 Å². The summed E-state index contributed by atoms with van der Waals surface area (Å²) < 4.78 is 5.60. The third kappa shape index (κ3) is 6.02. The minimum Gasteiger partial charge on any atom is -0.494 e. The first-order valence-corrected chi connectivity index (χ1v) is 8.04. The predicted molar refractivity (Wildman–Crippen MR) is 94.7 cm³/mol. The van der Waals surface area contributed by atoms with Gasteiger partial charge in [0.1, 0.15) is 5.75 Å². The summed E-state index contributed by atoms with van der Waals surface area (Å²) in [6.45, 7) is 2.86. The van der Waals surface area contributed by atoms with Crippen molar-refractivity contribution >= 4 is 17.3 Å². The highest BCUT2D eigenvalue weighted by atomic mass is 16.5. The monoisotopic (exact) mass is 312 g/mol. The van der Waals surface area contributed by atoms with E-state index in [4.69, 9.17) is 10.5 Å². The first-order chi connectivity index (χ1) is 11.2. The largest absolute Gasteiger partial charge is 0.494 e. The van der Waals surface area contributed by atoms with Gasteiger partial charge in [0.05, 0.1) is 6.61 Å². The van der Waals surface area contributed by atoms with E-state index in [2.05, 4.69) is 12.2 Å². The lowest BCUT2D eigenvalue weighted by Crippen LogP contribution is -2.12. The van der Waals surface area contributed by atoms with Gasteiger partial charge in [-0.1, -0.05) is 25.5 Å². The molecule has 0 saturated carbocycles. The molecule has 0 saturated heterocycles. The van der Waals surface area contributed by atoms with Crippen LogP contribution in [0, 0.1) is 0 Å². The Morgan fingerprint density at radius 1 is 1.17 bits per heavy atom. The number of unbranched alkanes of at least 4 members (excludes halogenated alkanes) is 1. The normalized spacial score (nSPS) is 10.3. The number of ether oxygens (including phenoxy) is 1. The molecule has 0 aromatic heterocycles. The van der Waals surface area contributed by atoms with Crippen molar-refractivity contribution in [3.8, 4) is 5.75 Å². The topological polar surface area (TPSA) is 64.3 Å². The number of nitrogens with two attached hydrogens (primary N) is 1. The minimum atomic E-state index is -0.00734. The van der Waals surface area contributed by atoms with Crippen molar-refractivity contribution < 1.29 is 9.53 Å². The average molecular weight is 312 g/mol. The lowest BCUT2D eigenvalue weighted by molar-refractivity contribution is -0.116. The summed E-state index contributed by atoms with van der Waals surface area (Å²) in [5.41, 5.74) is 8.31. The van der Waals surface area contributed by atoms with E-state index in [1.807, 2.05) is 48.5 Å². The van der Waals surface area contributed by atoms with Gasteiger partial charge in [-0.05, 0) is 54.8 Å². The van der Waals surface area contributed by atoms with Crippen molar-refractivity contribution in [1.82, 2.24) is 0 Å². The molecule has 0 fully saturated rings. The third-order valence-electron chi connectivity index (χ3n) is 3.50. The van der Waals surface area contributed by atoms with E-state index in [1.165, 1.54) is 0 Å². The molecular weight excluding hydrogens is 288 g/mol. The van der Waals surface area contributed by atoms with E-state index in [9.17, 15) is 4.79 Å². The fourth-order valence-electron chi connectivity index (χ4n) is 2.20. The Balaban J connectivity index is 1.78. The molecule has 2 rings (SSSR count). The SMILES string of the molecule is CCCCOc1ccc(NC(=O)CCc2cccc(N)c2)cc1. The summed E-state index contributed by atoms with van der Waals surface area (Å²) >= 11 is 0. The summed E-state index contributed by atoms with van der Waals surface area (Å²) in [5.74, 6) is 0.822. The number of hydrogen-bond acceptors (Lipinski definition) is 3. The highest BCUT2D eigenvalue weighted by Gasteiger charge is 2.04. The fourth-order valence-corrected chi connectivity index (χ4v) is 2.20. The van der Waals surface area contributed by atoms with Crippen LogP contribution in [0.1, 0.15) is 31.7 Å². The van der Waals surface area contributed by atoms with Crippen LogP contribution in [0.3, 0.4) is 0 Å². The van der Waals surface area contributed by atoms with Gasteiger partial charge in [0, 0.05) is 17.8 Å². The standard InChI is InChI=1S/C19H24N2O2/c1-2-3-13-23-18-10-8-17(9-11-18)21-19(22)12-7-15-5-4-6-16(20)14-15/h4-6,8-11,14H,2-3,7,12-13,20H2,1H3,(H,21,22). The van der Waals surface area contributed by atoms with Crippen molar-refractivity contribution in [3.63, 3.8) is 0 Å². The molecule has 0 aliphatic rings. The van der Waals surface area contributed by atoms with Crippen LogP contribution in [0.25, 0.3) is 0 Å². The quantitative estimate of drug-likeness (QED) is 0.571. The second-order valence-corrected chi connectivity index (χ2v) is 5.52. The maximum atomic E-state index is 12.0. The molecule has 4 nitrogen and oxygen atoms in total. The lowest BCUT2D eigenvalue weighted by Gasteiger charge is -2.08. The van der Waals surface area contributed by atoms with Gasteiger partial charge < -0.3 is 15.8 Å². The molecular formula is C19H24N2O2. The van der Waals surface area contributed by atoms with Crippen LogP contribution in [0.5, 0.6) is 5.75 Å². The number of aryl methyl sites for hydroxylation is 1. The lowest BCUT2D eigenvalue weighted by atomic mass is 10.1. The van der Waals surface area contributed by atoms with Crippen LogP contribution >= 0.6 is 0 Å². The Labute approximate surface area is 137 Å². The fraction of sp³-hybridized carbons (Fsp3) is 0.316. The van der Waals surface area contributed by atoms with Gasteiger partial charge in [-0.15, -0.1) is 0 Å². The number of benzene rings is 2. The Morgan fingerprint density at radius 3 is 2.65 bits per heavy atom. The van der Waals surface area contributed by atoms with E-state index in [-0.39, 0.29) is 5.91 Å². The number of nitrogen functional groups attached to an aromatic ring is 1. The first kappa shape index (κ1) is 16.9. The molecule has 0 aliphatic carbocycles. The van der Waals surface area contributed by atoms with Crippen LogP contribution in [-0.4, -0.2) is 12.5 Å². The van der Waals surface area contributed by atoms with Crippen molar-refractivity contribution in [2.24, 2.45) is 0 Å². The number of hydrogen-bond donors (Lipinski definition) is 2. The molecule has 0 heterocycles. The number of nitrogens with one attached hydrogen (secondary N) is 1. The van der Waals surface area contributed by atoms with Crippen LogP contribution < -0.4 is 15.8 Å². The van der Waals surface area contributed by atoms with Crippen LogP contribution in [-0.2, 0) is 11.2 Å². The van der Waals surface area contributed by atoms with Crippen molar-refractivity contribution in [2.75, 3.05) is 17.7 Å². The maximum absolute atomic E-state index is 12.0. The van der Waals surface area contributed by atoms with Gasteiger partial charge in [0.2, 0.25) is 5.91 Å². The molecule has 2 aromatic carbocycles. The van der Waals surface area contributed by atoms with Gasteiger partial charge in [0.25, 0.3) is 0 Å². The van der Waals surface area contributed by atoms with Crippen LogP contribution in [0.2, 0.25) is 0 Å². The number of amides is 1. The Hall–Kier alpha value is -2.49. The molecule has 0 aliphatic heterocycles. The Bertz CT molecular complexity index is 624. The molecule has 122 valence electrons. The van der Waals surface area contributed by atoms with Gasteiger partial charge in [-0.3, -0.25) is 4.79 Å². The number of carbonyl (C=O) groups is 1. The minimum absolute atomic E-state index is 0.00734. The predicted octanol–water partition coefficient (Wildman–Crippen LogP) is 4.02. The summed E-state index contributed by atoms with van der Waals surface area (Å²) in [6.07, 6.45) is 3.26. The second-order valence-electron chi connectivity index (χ2n) is 5.52. The zero-order chi connectivity index (χ0) is 16.5. The van der Waals surface area contributed by atoms with Crippen molar-refractivity contribution in [1.29, 1.82) is 0 Å². The summed E-state index contributed by atoms with van der Waals surface area (Å²) in [5, 5.41) is 2.90. The van der Waals surface area contributed by atoms with Gasteiger partial charge in [-0.2, -0.15) is 0 Å².